The van der Waals surface area contributed by atoms with Gasteiger partial charge < -0.3 is 34.0 Å². The minimum absolute atomic E-state index is 0.110. The summed E-state index contributed by atoms with van der Waals surface area (Å²) in [6, 6.07) is 9.30. The lowest BCUT2D eigenvalue weighted by atomic mass is 9.92. The molecule has 2 atom stereocenters. The van der Waals surface area contributed by atoms with Crippen LogP contribution in [0.4, 0.5) is 13.6 Å². The lowest BCUT2D eigenvalue weighted by molar-refractivity contribution is -0.0559. The zero-order chi connectivity index (χ0) is 30.2. The molecule has 3 aliphatic heterocycles. The monoisotopic (exact) mass is 615 g/mol. The van der Waals surface area contributed by atoms with Gasteiger partial charge in [0, 0.05) is 35.0 Å². The van der Waals surface area contributed by atoms with Crippen LogP contribution >= 0.6 is 11.8 Å². The molecular formula is C29H27F2N3O8S. The van der Waals surface area contributed by atoms with Gasteiger partial charge in [-0.3, -0.25) is 9.59 Å². The Hall–Kier alpha value is -4.14. The highest BCUT2D eigenvalue weighted by Crippen LogP contribution is 2.41. The summed E-state index contributed by atoms with van der Waals surface area (Å²) in [5.41, 5.74) is 4.20. The number of ether oxygens (including phenoxy) is 5. The predicted molar refractivity (Wildman–Crippen MR) is 150 cm³/mol. The number of pyridine rings is 1. The van der Waals surface area contributed by atoms with Crippen molar-refractivity contribution in [2.45, 2.75) is 29.3 Å². The average molecular weight is 616 g/mol. The Kier molecular flexibility index (Phi) is 7.99. The highest BCUT2D eigenvalue weighted by molar-refractivity contribution is 7.98. The van der Waals surface area contributed by atoms with Crippen molar-refractivity contribution in [1.29, 1.82) is 0 Å². The fourth-order valence-corrected chi connectivity index (χ4v) is 6.71. The van der Waals surface area contributed by atoms with Crippen LogP contribution in [0, 0.1) is 11.6 Å². The van der Waals surface area contributed by atoms with Gasteiger partial charge in [0.05, 0.1) is 38.7 Å². The molecule has 0 spiro atoms. The molecule has 1 saturated heterocycles. The first kappa shape index (κ1) is 29.0. The molecule has 0 saturated carbocycles. The number of carbonyl (C=O) groups is 2. The fourth-order valence-electron chi connectivity index (χ4n) is 5.61. The molecular weight excluding hydrogens is 588 g/mol. The SMILES string of the molecule is COCC1COC[C@H]2Nn3c(-c4cc(F)c(F)c5c4Cc4ccccc4SC5)cc(=O)c(OCOC(=O)OC)c3C(=O)N12. The summed E-state index contributed by atoms with van der Waals surface area (Å²) >= 11 is 1.40. The van der Waals surface area contributed by atoms with E-state index < -0.39 is 53.9 Å². The van der Waals surface area contributed by atoms with Crippen LogP contribution in [0.15, 0.2) is 46.1 Å². The van der Waals surface area contributed by atoms with Crippen LogP contribution in [0.3, 0.4) is 0 Å². The van der Waals surface area contributed by atoms with Crippen LogP contribution in [0.2, 0.25) is 0 Å². The van der Waals surface area contributed by atoms with Crippen molar-refractivity contribution in [2.24, 2.45) is 0 Å². The standard InChI is InChI=1S/C29H27F2N3O8S/c1-38-10-16-11-40-12-24-32-34-21(9-22(35)27(26(34)28(36)33(16)24)41-14-42-29(37)39-2)18-8-20(30)25(31)19-13-43-23-6-4-3-5-15(23)7-17(18)19/h3-6,8-9,16,24,32H,7,10-14H2,1-2H3/t16?,24-/m0/s1. The lowest BCUT2D eigenvalue weighted by Gasteiger charge is -2.46. The van der Waals surface area contributed by atoms with Crippen LogP contribution in [-0.4, -0.2) is 74.7 Å². The number of nitrogens with zero attached hydrogens (tertiary/aromatic N) is 2. The highest BCUT2D eigenvalue weighted by Gasteiger charge is 2.43. The summed E-state index contributed by atoms with van der Waals surface area (Å²) in [5.74, 6) is -2.87. The van der Waals surface area contributed by atoms with Gasteiger partial charge in [-0.25, -0.2) is 18.3 Å². The molecule has 3 aliphatic rings. The van der Waals surface area contributed by atoms with Crippen LogP contribution in [0.5, 0.6) is 5.75 Å². The van der Waals surface area contributed by atoms with Gasteiger partial charge in [0.25, 0.3) is 5.91 Å². The Bertz CT molecular complexity index is 1660. The number of hydrogen-bond acceptors (Lipinski definition) is 10. The summed E-state index contributed by atoms with van der Waals surface area (Å²) in [5, 5.41) is 0. The van der Waals surface area contributed by atoms with E-state index in [-0.39, 0.29) is 54.5 Å². The van der Waals surface area contributed by atoms with Crippen LogP contribution in [0.1, 0.15) is 27.2 Å². The van der Waals surface area contributed by atoms with E-state index in [4.69, 9.17) is 18.9 Å². The Morgan fingerprint density at radius 2 is 1.95 bits per heavy atom. The smallest absolute Gasteiger partial charge is 0.451 e. The first-order valence-corrected chi connectivity index (χ1v) is 14.3. The normalized spacial score (nSPS) is 18.8. The van der Waals surface area contributed by atoms with E-state index in [2.05, 4.69) is 10.2 Å². The molecule has 0 aliphatic carbocycles. The van der Waals surface area contributed by atoms with Gasteiger partial charge in [-0.2, -0.15) is 0 Å². The van der Waals surface area contributed by atoms with Crippen molar-refractivity contribution >= 4 is 23.8 Å². The van der Waals surface area contributed by atoms with E-state index >= 15 is 8.78 Å². The van der Waals surface area contributed by atoms with Gasteiger partial charge in [0.2, 0.25) is 18.0 Å². The molecule has 43 heavy (non-hydrogen) atoms. The van der Waals surface area contributed by atoms with Gasteiger partial charge >= 0.3 is 6.16 Å². The summed E-state index contributed by atoms with van der Waals surface area (Å²) < 4.78 is 57.6. The summed E-state index contributed by atoms with van der Waals surface area (Å²) in [7, 11) is 2.60. The molecule has 4 heterocycles. The maximum Gasteiger partial charge on any atom is 0.510 e. The number of nitrogens with one attached hydrogen (secondary N) is 1. The minimum atomic E-state index is -1.08. The Morgan fingerprint density at radius 3 is 2.74 bits per heavy atom. The van der Waals surface area contributed by atoms with Crippen LogP contribution in [0.25, 0.3) is 11.3 Å². The number of methoxy groups -OCH3 is 2. The molecule has 0 bridgehead atoms. The molecule has 14 heteroatoms. The van der Waals surface area contributed by atoms with Crippen molar-refractivity contribution < 1.29 is 42.1 Å². The zero-order valence-corrected chi connectivity index (χ0v) is 24.0. The molecule has 1 unspecified atom stereocenters. The van der Waals surface area contributed by atoms with Crippen molar-refractivity contribution in [2.75, 3.05) is 46.3 Å². The molecule has 1 aromatic heterocycles. The third-order valence-corrected chi connectivity index (χ3v) is 8.67. The molecule has 2 aromatic carbocycles. The van der Waals surface area contributed by atoms with Crippen LogP contribution in [-0.2, 0) is 31.1 Å². The number of thioether (sulfide) groups is 1. The highest BCUT2D eigenvalue weighted by atomic mass is 32.2. The van der Waals surface area contributed by atoms with E-state index in [1.165, 1.54) is 34.5 Å². The number of morpholine rings is 1. The van der Waals surface area contributed by atoms with Crippen LogP contribution < -0.4 is 15.6 Å². The maximum atomic E-state index is 15.3. The zero-order valence-electron chi connectivity index (χ0n) is 23.2. The summed E-state index contributed by atoms with van der Waals surface area (Å²) in [6.45, 7) is -0.261. The third-order valence-electron chi connectivity index (χ3n) is 7.53. The van der Waals surface area contributed by atoms with Gasteiger partial charge in [-0.15, -0.1) is 11.8 Å². The second-order valence-corrected chi connectivity index (χ2v) is 11.0. The molecule has 0 radical (unpaired) electrons. The molecule has 6 rings (SSSR count). The second kappa shape index (κ2) is 11.9. The Morgan fingerprint density at radius 1 is 1.14 bits per heavy atom. The van der Waals surface area contributed by atoms with E-state index in [0.717, 1.165) is 23.6 Å². The number of fused-ring (bicyclic) bond motifs is 4. The first-order chi connectivity index (χ1) is 20.8. The first-order valence-electron chi connectivity index (χ1n) is 13.3. The van der Waals surface area contributed by atoms with Crippen molar-refractivity contribution in [3.05, 3.63) is 80.6 Å². The number of halogens is 2. The largest absolute Gasteiger partial charge is 0.510 e. The Labute approximate surface area is 248 Å². The summed E-state index contributed by atoms with van der Waals surface area (Å²) in [6.07, 6.45) is -1.47. The Balaban J connectivity index is 1.55. The van der Waals surface area contributed by atoms with Gasteiger partial charge in [0.15, 0.2) is 17.3 Å². The molecule has 1 amide bonds. The van der Waals surface area contributed by atoms with E-state index in [1.807, 2.05) is 24.3 Å². The molecule has 3 aromatic rings. The number of benzene rings is 2. The average Bonchev–Trinajstić information content (AvgIpc) is 3.20. The third kappa shape index (κ3) is 5.19. The van der Waals surface area contributed by atoms with E-state index in [9.17, 15) is 14.4 Å². The second-order valence-electron chi connectivity index (χ2n) is 10.0. The molecule has 1 fully saturated rings. The molecule has 1 N–H and O–H groups in total. The fraction of sp³-hybridized carbons (Fsp3) is 0.345. The van der Waals surface area contributed by atoms with Gasteiger partial charge in [-0.1, -0.05) is 18.2 Å². The van der Waals surface area contributed by atoms with Crippen molar-refractivity contribution in [3.8, 4) is 17.0 Å². The number of rotatable bonds is 6. The number of carbonyl (C=O) groups excluding carboxylic acids is 2. The van der Waals surface area contributed by atoms with Gasteiger partial charge in [-0.05, 0) is 29.7 Å². The van der Waals surface area contributed by atoms with Crippen molar-refractivity contribution in [3.63, 3.8) is 0 Å². The van der Waals surface area contributed by atoms with E-state index in [1.54, 1.807) is 0 Å². The maximum absolute atomic E-state index is 15.3. The predicted octanol–water partition coefficient (Wildman–Crippen LogP) is 3.48. The quantitative estimate of drug-likeness (QED) is 0.326. The minimum Gasteiger partial charge on any atom is -0.451 e. The molecule has 11 nitrogen and oxygen atoms in total. The topological polar surface area (TPSA) is 118 Å². The van der Waals surface area contributed by atoms with Gasteiger partial charge in [0.1, 0.15) is 6.17 Å². The number of aromatic nitrogens is 1. The number of amides is 1. The lowest BCUT2D eigenvalue weighted by Crippen LogP contribution is -2.64. The summed E-state index contributed by atoms with van der Waals surface area (Å²) in [4.78, 5) is 41.7. The molecule has 226 valence electrons. The van der Waals surface area contributed by atoms with Crippen molar-refractivity contribution in [1.82, 2.24) is 9.58 Å². The van der Waals surface area contributed by atoms with E-state index in [0.29, 0.717) is 5.56 Å². The number of hydrogen-bond donors (Lipinski definition) is 1.